The number of hydrogen-bond acceptors (Lipinski definition) is 3. The SMILES string of the molecule is CC(C)(C)c1cncc2cc(C=O)oc12. The van der Waals surface area contributed by atoms with Crippen molar-refractivity contribution >= 4 is 17.3 Å². The number of furan rings is 1. The average Bonchev–Trinajstić information content (AvgIpc) is 2.57. The van der Waals surface area contributed by atoms with E-state index < -0.39 is 0 Å². The molecular formula is C12H13NO2. The summed E-state index contributed by atoms with van der Waals surface area (Å²) in [6.07, 6.45) is 4.22. The molecule has 0 spiro atoms. The molecular weight excluding hydrogens is 190 g/mol. The second kappa shape index (κ2) is 3.19. The summed E-state index contributed by atoms with van der Waals surface area (Å²) in [5.74, 6) is 0.350. The van der Waals surface area contributed by atoms with Crippen LogP contribution in [0, 0.1) is 0 Å². The van der Waals surface area contributed by atoms with E-state index in [9.17, 15) is 4.79 Å². The first-order valence-corrected chi connectivity index (χ1v) is 4.85. The van der Waals surface area contributed by atoms with Crippen LogP contribution in [-0.4, -0.2) is 11.3 Å². The molecule has 0 saturated heterocycles. The van der Waals surface area contributed by atoms with Crippen LogP contribution in [0.15, 0.2) is 22.9 Å². The Balaban J connectivity index is 2.75. The number of hydrogen-bond donors (Lipinski definition) is 0. The van der Waals surface area contributed by atoms with Crippen molar-refractivity contribution in [2.24, 2.45) is 0 Å². The number of rotatable bonds is 1. The molecule has 0 amide bonds. The van der Waals surface area contributed by atoms with Gasteiger partial charge in [-0.15, -0.1) is 0 Å². The number of fused-ring (bicyclic) bond motifs is 1. The van der Waals surface area contributed by atoms with E-state index in [0.29, 0.717) is 12.0 Å². The quantitative estimate of drug-likeness (QED) is 0.669. The zero-order chi connectivity index (χ0) is 11.1. The lowest BCUT2D eigenvalue weighted by atomic mass is 9.87. The van der Waals surface area contributed by atoms with E-state index in [4.69, 9.17) is 4.42 Å². The summed E-state index contributed by atoms with van der Waals surface area (Å²) in [5, 5.41) is 0.879. The predicted molar refractivity (Wildman–Crippen MR) is 58.1 cm³/mol. The Labute approximate surface area is 88.1 Å². The molecule has 0 aromatic carbocycles. The molecule has 0 unspecified atom stereocenters. The smallest absolute Gasteiger partial charge is 0.185 e. The molecule has 2 aromatic heterocycles. The lowest BCUT2D eigenvalue weighted by Crippen LogP contribution is -2.11. The maximum absolute atomic E-state index is 10.6. The maximum atomic E-state index is 10.6. The van der Waals surface area contributed by atoms with E-state index in [2.05, 4.69) is 25.8 Å². The lowest BCUT2D eigenvalue weighted by molar-refractivity contribution is 0.110. The summed E-state index contributed by atoms with van der Waals surface area (Å²) in [6.45, 7) is 6.27. The first kappa shape index (κ1) is 9.90. The molecule has 2 heterocycles. The van der Waals surface area contributed by atoms with Crippen LogP contribution in [-0.2, 0) is 5.41 Å². The molecule has 3 nitrogen and oxygen atoms in total. The van der Waals surface area contributed by atoms with E-state index in [1.54, 1.807) is 18.5 Å². The van der Waals surface area contributed by atoms with Gasteiger partial charge in [-0.3, -0.25) is 9.78 Å². The fourth-order valence-corrected chi connectivity index (χ4v) is 1.57. The molecule has 0 atom stereocenters. The topological polar surface area (TPSA) is 43.1 Å². The third-order valence-electron chi connectivity index (χ3n) is 2.37. The van der Waals surface area contributed by atoms with Crippen molar-refractivity contribution in [3.05, 3.63) is 29.8 Å². The van der Waals surface area contributed by atoms with Crippen LogP contribution < -0.4 is 0 Å². The zero-order valence-corrected chi connectivity index (χ0v) is 9.07. The van der Waals surface area contributed by atoms with Gasteiger partial charge in [-0.25, -0.2) is 0 Å². The molecule has 3 heteroatoms. The van der Waals surface area contributed by atoms with Crippen LogP contribution in [0.25, 0.3) is 11.0 Å². The van der Waals surface area contributed by atoms with Crippen LogP contribution >= 0.6 is 0 Å². The Hall–Kier alpha value is -1.64. The summed E-state index contributed by atoms with van der Waals surface area (Å²) in [4.78, 5) is 14.8. The Bertz CT molecular complexity index is 506. The summed E-state index contributed by atoms with van der Waals surface area (Å²) in [7, 11) is 0. The predicted octanol–water partition coefficient (Wildman–Crippen LogP) is 2.94. The van der Waals surface area contributed by atoms with Crippen LogP contribution in [0.1, 0.15) is 36.9 Å². The van der Waals surface area contributed by atoms with Crippen molar-refractivity contribution in [3.8, 4) is 0 Å². The van der Waals surface area contributed by atoms with Crippen molar-refractivity contribution in [1.82, 2.24) is 4.98 Å². The van der Waals surface area contributed by atoms with Gasteiger partial charge in [0.15, 0.2) is 12.0 Å². The summed E-state index contributed by atoms with van der Waals surface area (Å²) < 4.78 is 5.47. The molecule has 0 aliphatic heterocycles. The monoisotopic (exact) mass is 203 g/mol. The van der Waals surface area contributed by atoms with Gasteiger partial charge in [-0.2, -0.15) is 0 Å². The van der Waals surface area contributed by atoms with E-state index in [0.717, 1.165) is 16.5 Å². The minimum absolute atomic E-state index is 0.0372. The molecule has 2 aromatic rings. The molecule has 0 bridgehead atoms. The number of nitrogens with zero attached hydrogens (tertiary/aromatic N) is 1. The van der Waals surface area contributed by atoms with E-state index in [1.807, 2.05) is 0 Å². The first-order chi connectivity index (χ1) is 7.02. The number of aldehydes is 1. The molecule has 0 radical (unpaired) electrons. The van der Waals surface area contributed by atoms with Crippen molar-refractivity contribution in [2.75, 3.05) is 0 Å². The van der Waals surface area contributed by atoms with Crippen LogP contribution in [0.4, 0.5) is 0 Å². The Kier molecular flexibility index (Phi) is 2.11. The average molecular weight is 203 g/mol. The number of aromatic nitrogens is 1. The third-order valence-corrected chi connectivity index (χ3v) is 2.37. The van der Waals surface area contributed by atoms with Gasteiger partial charge in [0, 0.05) is 23.3 Å². The normalized spacial score (nSPS) is 11.9. The van der Waals surface area contributed by atoms with E-state index in [-0.39, 0.29) is 5.41 Å². The number of carbonyl (C=O) groups excluding carboxylic acids is 1. The highest BCUT2D eigenvalue weighted by atomic mass is 16.3. The molecule has 0 saturated carbocycles. The van der Waals surface area contributed by atoms with Gasteiger partial charge in [-0.1, -0.05) is 20.8 Å². The molecule has 0 N–H and O–H groups in total. The second-order valence-electron chi connectivity index (χ2n) is 4.62. The highest BCUT2D eigenvalue weighted by Crippen LogP contribution is 2.30. The minimum Gasteiger partial charge on any atom is -0.453 e. The van der Waals surface area contributed by atoms with E-state index in [1.165, 1.54) is 0 Å². The van der Waals surface area contributed by atoms with Gasteiger partial charge in [0.2, 0.25) is 0 Å². The van der Waals surface area contributed by atoms with Gasteiger partial charge in [0.05, 0.1) is 0 Å². The van der Waals surface area contributed by atoms with Gasteiger partial charge in [0.25, 0.3) is 0 Å². The summed E-state index contributed by atoms with van der Waals surface area (Å²) in [6, 6.07) is 1.71. The highest BCUT2D eigenvalue weighted by Gasteiger charge is 2.20. The van der Waals surface area contributed by atoms with Gasteiger partial charge >= 0.3 is 0 Å². The van der Waals surface area contributed by atoms with Gasteiger partial charge in [0.1, 0.15) is 5.58 Å². The number of carbonyl (C=O) groups is 1. The molecule has 78 valence electrons. The highest BCUT2D eigenvalue weighted by molar-refractivity contribution is 5.86. The van der Waals surface area contributed by atoms with Crippen molar-refractivity contribution < 1.29 is 9.21 Å². The Morgan fingerprint density at radius 3 is 2.67 bits per heavy atom. The molecule has 0 aliphatic rings. The van der Waals surface area contributed by atoms with Crippen molar-refractivity contribution in [3.63, 3.8) is 0 Å². The molecule has 0 aliphatic carbocycles. The molecule has 15 heavy (non-hydrogen) atoms. The summed E-state index contributed by atoms with van der Waals surface area (Å²) in [5.41, 5.74) is 1.75. The molecule has 2 rings (SSSR count). The maximum Gasteiger partial charge on any atom is 0.185 e. The standard InChI is InChI=1S/C12H13NO2/c1-12(2,3)10-6-13-5-8-4-9(7-14)15-11(8)10/h4-7H,1-3H3. The van der Waals surface area contributed by atoms with Crippen LogP contribution in [0.2, 0.25) is 0 Å². The largest absolute Gasteiger partial charge is 0.453 e. The lowest BCUT2D eigenvalue weighted by Gasteiger charge is -2.18. The third kappa shape index (κ3) is 1.65. The van der Waals surface area contributed by atoms with Crippen molar-refractivity contribution in [2.45, 2.75) is 26.2 Å². The first-order valence-electron chi connectivity index (χ1n) is 4.85. The Morgan fingerprint density at radius 2 is 2.07 bits per heavy atom. The van der Waals surface area contributed by atoms with Crippen LogP contribution in [0.3, 0.4) is 0 Å². The van der Waals surface area contributed by atoms with Gasteiger partial charge < -0.3 is 4.42 Å². The number of pyridine rings is 1. The molecule has 0 fully saturated rings. The van der Waals surface area contributed by atoms with Crippen LogP contribution in [0.5, 0.6) is 0 Å². The van der Waals surface area contributed by atoms with Crippen molar-refractivity contribution in [1.29, 1.82) is 0 Å². The van der Waals surface area contributed by atoms with E-state index >= 15 is 0 Å². The fraction of sp³-hybridized carbons (Fsp3) is 0.333. The Morgan fingerprint density at radius 1 is 1.33 bits per heavy atom. The summed E-state index contributed by atoms with van der Waals surface area (Å²) >= 11 is 0. The minimum atomic E-state index is -0.0372. The zero-order valence-electron chi connectivity index (χ0n) is 9.07. The fourth-order valence-electron chi connectivity index (χ4n) is 1.57. The second-order valence-corrected chi connectivity index (χ2v) is 4.62. The van der Waals surface area contributed by atoms with Gasteiger partial charge in [-0.05, 0) is 11.5 Å².